The van der Waals surface area contributed by atoms with Crippen LogP contribution >= 0.6 is 0 Å². The fraction of sp³-hybridized carbons (Fsp3) is 0.0909. The van der Waals surface area contributed by atoms with Gasteiger partial charge in [0.15, 0.2) is 0 Å². The number of benzene rings is 3. The van der Waals surface area contributed by atoms with Crippen LogP contribution in [-0.2, 0) is 6.54 Å². The summed E-state index contributed by atoms with van der Waals surface area (Å²) in [5, 5.41) is 8.03. The standard InChI is InChI=1S/C22H19F2N3O2/c1-14-4-2-6-17(10-14)26-22(29)27-18-7-3-5-15(11-18)13-25-21(28)19-9-8-16(23)12-20(19)24/h2-12H,13H2,1H3,(H,25,28)(H2,26,27,29). The van der Waals surface area contributed by atoms with E-state index in [0.717, 1.165) is 17.7 Å². The monoisotopic (exact) mass is 395 g/mol. The lowest BCUT2D eigenvalue weighted by Crippen LogP contribution is -2.24. The van der Waals surface area contributed by atoms with Gasteiger partial charge in [0.25, 0.3) is 5.91 Å². The first-order valence-electron chi connectivity index (χ1n) is 8.87. The zero-order valence-electron chi connectivity index (χ0n) is 15.6. The summed E-state index contributed by atoms with van der Waals surface area (Å²) < 4.78 is 26.6. The smallest absolute Gasteiger partial charge is 0.323 e. The molecule has 0 saturated carbocycles. The van der Waals surface area contributed by atoms with E-state index in [1.165, 1.54) is 0 Å². The Kier molecular flexibility index (Phi) is 6.19. The third-order valence-electron chi connectivity index (χ3n) is 4.09. The molecule has 3 rings (SSSR count). The molecule has 0 saturated heterocycles. The van der Waals surface area contributed by atoms with E-state index in [4.69, 9.17) is 0 Å². The quantitative estimate of drug-likeness (QED) is 0.578. The minimum absolute atomic E-state index is 0.116. The van der Waals surface area contributed by atoms with Gasteiger partial charge >= 0.3 is 6.03 Å². The Morgan fingerprint density at radius 3 is 2.24 bits per heavy atom. The van der Waals surface area contributed by atoms with Crippen LogP contribution in [0.1, 0.15) is 21.5 Å². The van der Waals surface area contributed by atoms with Gasteiger partial charge in [-0.3, -0.25) is 4.79 Å². The molecular weight excluding hydrogens is 376 g/mol. The van der Waals surface area contributed by atoms with E-state index in [1.807, 2.05) is 25.1 Å². The zero-order valence-corrected chi connectivity index (χ0v) is 15.6. The average molecular weight is 395 g/mol. The van der Waals surface area contributed by atoms with Crippen molar-refractivity contribution in [2.45, 2.75) is 13.5 Å². The maximum atomic E-state index is 13.7. The van der Waals surface area contributed by atoms with Crippen LogP contribution in [0.2, 0.25) is 0 Å². The molecule has 0 fully saturated rings. The first-order chi connectivity index (χ1) is 13.9. The van der Waals surface area contributed by atoms with Crippen molar-refractivity contribution >= 4 is 23.3 Å². The molecule has 5 nitrogen and oxygen atoms in total. The molecule has 0 radical (unpaired) electrons. The van der Waals surface area contributed by atoms with Crippen molar-refractivity contribution in [3.63, 3.8) is 0 Å². The number of rotatable bonds is 5. The van der Waals surface area contributed by atoms with E-state index in [2.05, 4.69) is 16.0 Å². The summed E-state index contributed by atoms with van der Waals surface area (Å²) in [6, 6.07) is 16.7. The summed E-state index contributed by atoms with van der Waals surface area (Å²) in [7, 11) is 0. The molecule has 148 valence electrons. The molecule has 0 aliphatic carbocycles. The number of carbonyl (C=O) groups is 2. The van der Waals surface area contributed by atoms with Crippen LogP contribution in [0, 0.1) is 18.6 Å². The minimum atomic E-state index is -0.925. The Balaban J connectivity index is 1.59. The maximum absolute atomic E-state index is 13.7. The molecule has 0 spiro atoms. The molecule has 0 bridgehead atoms. The van der Waals surface area contributed by atoms with Gasteiger partial charge in [-0.2, -0.15) is 0 Å². The van der Waals surface area contributed by atoms with Gasteiger partial charge in [-0.1, -0.05) is 24.3 Å². The number of hydrogen-bond donors (Lipinski definition) is 3. The lowest BCUT2D eigenvalue weighted by Gasteiger charge is -2.10. The zero-order chi connectivity index (χ0) is 20.8. The lowest BCUT2D eigenvalue weighted by molar-refractivity contribution is 0.0946. The molecule has 29 heavy (non-hydrogen) atoms. The molecule has 3 aromatic carbocycles. The van der Waals surface area contributed by atoms with Gasteiger partial charge < -0.3 is 16.0 Å². The van der Waals surface area contributed by atoms with Crippen LogP contribution in [0.4, 0.5) is 25.0 Å². The molecular formula is C22H19F2N3O2. The van der Waals surface area contributed by atoms with E-state index >= 15 is 0 Å². The second kappa shape index (κ2) is 8.97. The summed E-state index contributed by atoms with van der Waals surface area (Å²) in [6.07, 6.45) is 0. The highest BCUT2D eigenvalue weighted by molar-refractivity contribution is 5.99. The summed E-state index contributed by atoms with van der Waals surface area (Å²) in [4.78, 5) is 24.2. The summed E-state index contributed by atoms with van der Waals surface area (Å²) in [5.41, 5.74) is 2.70. The topological polar surface area (TPSA) is 70.2 Å². The van der Waals surface area contributed by atoms with Crippen molar-refractivity contribution in [2.24, 2.45) is 0 Å². The Morgan fingerprint density at radius 1 is 0.862 bits per heavy atom. The molecule has 0 aliphatic rings. The van der Waals surface area contributed by atoms with E-state index in [1.54, 1.807) is 30.3 Å². The van der Waals surface area contributed by atoms with Crippen LogP contribution in [0.5, 0.6) is 0 Å². The highest BCUT2D eigenvalue weighted by atomic mass is 19.1. The number of halogens is 2. The third-order valence-corrected chi connectivity index (χ3v) is 4.09. The number of hydrogen-bond acceptors (Lipinski definition) is 2. The summed E-state index contributed by atoms with van der Waals surface area (Å²) >= 11 is 0. The first-order valence-corrected chi connectivity index (χ1v) is 8.87. The van der Waals surface area contributed by atoms with E-state index in [-0.39, 0.29) is 12.1 Å². The molecule has 0 unspecified atom stereocenters. The molecule has 0 atom stereocenters. The summed E-state index contributed by atoms with van der Waals surface area (Å²) in [6.45, 7) is 2.04. The Morgan fingerprint density at radius 2 is 1.55 bits per heavy atom. The number of carbonyl (C=O) groups excluding carboxylic acids is 2. The van der Waals surface area contributed by atoms with Crippen LogP contribution in [0.25, 0.3) is 0 Å². The van der Waals surface area contributed by atoms with Crippen molar-refractivity contribution in [1.29, 1.82) is 0 Å². The lowest BCUT2D eigenvalue weighted by atomic mass is 10.1. The number of nitrogens with one attached hydrogen (secondary N) is 3. The van der Waals surface area contributed by atoms with Crippen molar-refractivity contribution in [3.8, 4) is 0 Å². The van der Waals surface area contributed by atoms with Crippen molar-refractivity contribution < 1.29 is 18.4 Å². The predicted molar refractivity (Wildman–Crippen MR) is 108 cm³/mol. The van der Waals surface area contributed by atoms with E-state index < -0.39 is 23.6 Å². The molecule has 3 N–H and O–H groups in total. The van der Waals surface area contributed by atoms with Crippen LogP contribution in [0.3, 0.4) is 0 Å². The van der Waals surface area contributed by atoms with Gasteiger partial charge in [-0.05, 0) is 54.4 Å². The van der Waals surface area contributed by atoms with Gasteiger partial charge in [0.05, 0.1) is 5.56 Å². The second-order valence-corrected chi connectivity index (χ2v) is 6.46. The SMILES string of the molecule is Cc1cccc(NC(=O)Nc2cccc(CNC(=O)c3ccc(F)cc3F)c2)c1. The van der Waals surface area contributed by atoms with Crippen molar-refractivity contribution in [1.82, 2.24) is 5.32 Å². The molecule has 7 heteroatoms. The second-order valence-electron chi connectivity index (χ2n) is 6.46. The number of amides is 3. The summed E-state index contributed by atoms with van der Waals surface area (Å²) in [5.74, 6) is -2.33. The maximum Gasteiger partial charge on any atom is 0.323 e. The fourth-order valence-corrected chi connectivity index (χ4v) is 2.73. The van der Waals surface area contributed by atoms with Gasteiger partial charge in [-0.15, -0.1) is 0 Å². The predicted octanol–water partition coefficient (Wildman–Crippen LogP) is 4.85. The van der Waals surface area contributed by atoms with Gasteiger partial charge in [-0.25, -0.2) is 13.6 Å². The number of urea groups is 1. The number of aryl methyl sites for hydroxylation is 1. The fourth-order valence-electron chi connectivity index (χ4n) is 2.73. The molecule has 3 amide bonds. The van der Waals surface area contributed by atoms with Crippen LogP contribution in [-0.4, -0.2) is 11.9 Å². The Bertz CT molecular complexity index is 1050. The average Bonchev–Trinajstić information content (AvgIpc) is 2.66. The van der Waals surface area contributed by atoms with Crippen molar-refractivity contribution in [3.05, 3.63) is 95.1 Å². The van der Waals surface area contributed by atoms with E-state index in [0.29, 0.717) is 23.0 Å². The van der Waals surface area contributed by atoms with Gasteiger partial charge in [0.2, 0.25) is 0 Å². The van der Waals surface area contributed by atoms with Crippen LogP contribution < -0.4 is 16.0 Å². The number of anilines is 2. The van der Waals surface area contributed by atoms with E-state index in [9.17, 15) is 18.4 Å². The van der Waals surface area contributed by atoms with Crippen molar-refractivity contribution in [2.75, 3.05) is 10.6 Å². The minimum Gasteiger partial charge on any atom is -0.348 e. The molecule has 0 aliphatic heterocycles. The molecule has 3 aromatic rings. The highest BCUT2D eigenvalue weighted by Crippen LogP contribution is 2.14. The third kappa shape index (κ3) is 5.62. The molecule has 0 aromatic heterocycles. The first kappa shape index (κ1) is 20.0. The largest absolute Gasteiger partial charge is 0.348 e. The molecule has 0 heterocycles. The van der Waals surface area contributed by atoms with Gasteiger partial charge in [0, 0.05) is 24.0 Å². The Labute approximate surface area is 166 Å². The Hall–Kier alpha value is -3.74. The van der Waals surface area contributed by atoms with Gasteiger partial charge in [0.1, 0.15) is 11.6 Å². The highest BCUT2D eigenvalue weighted by Gasteiger charge is 2.12. The van der Waals surface area contributed by atoms with Crippen LogP contribution in [0.15, 0.2) is 66.7 Å². The normalized spacial score (nSPS) is 10.3.